The third kappa shape index (κ3) is 3.68. The van der Waals surface area contributed by atoms with E-state index in [0.29, 0.717) is 0 Å². The van der Waals surface area contributed by atoms with Gasteiger partial charge in [-0.3, -0.25) is 4.79 Å². The van der Waals surface area contributed by atoms with E-state index in [1.165, 1.54) is 27.7 Å². The van der Waals surface area contributed by atoms with Crippen molar-refractivity contribution in [3.8, 4) is 0 Å². The maximum Gasteiger partial charge on any atom is 0.319 e. The van der Waals surface area contributed by atoms with Crippen LogP contribution in [-0.4, -0.2) is 22.6 Å². The van der Waals surface area contributed by atoms with Crippen LogP contribution < -0.4 is 10.6 Å². The van der Waals surface area contributed by atoms with Crippen LogP contribution in [0.25, 0.3) is 0 Å². The minimum Gasteiger partial charge on any atom is -0.481 e. The first-order valence-electron chi connectivity index (χ1n) is 6.25. The summed E-state index contributed by atoms with van der Waals surface area (Å²) in [5, 5.41) is 13.8. The van der Waals surface area contributed by atoms with Crippen molar-refractivity contribution in [3.63, 3.8) is 0 Å². The molecule has 21 heavy (non-hydrogen) atoms. The van der Waals surface area contributed by atoms with Crippen molar-refractivity contribution in [1.29, 1.82) is 0 Å². The Morgan fingerprint density at radius 1 is 1.14 bits per heavy atom. The lowest BCUT2D eigenvalue weighted by Crippen LogP contribution is -2.57. The van der Waals surface area contributed by atoms with Gasteiger partial charge in [-0.25, -0.2) is 13.6 Å². The molecular weight excluding hydrogens is 282 g/mol. The van der Waals surface area contributed by atoms with E-state index in [2.05, 4.69) is 10.6 Å². The Balaban J connectivity index is 2.87. The highest BCUT2D eigenvalue weighted by atomic mass is 19.1. The predicted molar refractivity (Wildman–Crippen MR) is 74.0 cm³/mol. The summed E-state index contributed by atoms with van der Waals surface area (Å²) in [5.41, 5.74) is -2.70. The van der Waals surface area contributed by atoms with Crippen molar-refractivity contribution in [1.82, 2.24) is 5.32 Å². The summed E-state index contributed by atoms with van der Waals surface area (Å²) in [4.78, 5) is 23.1. The van der Waals surface area contributed by atoms with Gasteiger partial charge in [-0.15, -0.1) is 0 Å². The summed E-state index contributed by atoms with van der Waals surface area (Å²) in [6.45, 7) is 5.97. The standard InChI is InChI=1S/C14H18F2N2O3/c1-13(2,11(19)20)14(3,4)18-12(21)17-10-7-8(15)5-6-9(10)16/h5-7H,1-4H3,(H,19,20)(H2,17,18,21). The van der Waals surface area contributed by atoms with Gasteiger partial charge in [0.15, 0.2) is 0 Å². The maximum atomic E-state index is 13.4. The van der Waals surface area contributed by atoms with Gasteiger partial charge in [-0.05, 0) is 39.8 Å². The molecule has 0 aliphatic rings. The molecule has 0 saturated heterocycles. The number of carboxylic acid groups (broad SMARTS) is 1. The van der Waals surface area contributed by atoms with Crippen molar-refractivity contribution in [2.75, 3.05) is 5.32 Å². The Labute approximate surface area is 121 Å². The van der Waals surface area contributed by atoms with E-state index >= 15 is 0 Å². The number of rotatable bonds is 4. The van der Waals surface area contributed by atoms with E-state index in [4.69, 9.17) is 0 Å². The second kappa shape index (κ2) is 5.67. The third-order valence-electron chi connectivity index (χ3n) is 3.70. The van der Waals surface area contributed by atoms with Gasteiger partial charge in [0.05, 0.1) is 16.6 Å². The van der Waals surface area contributed by atoms with Crippen LogP contribution >= 0.6 is 0 Å². The second-order valence-electron chi connectivity index (χ2n) is 5.76. The molecule has 116 valence electrons. The topological polar surface area (TPSA) is 78.4 Å². The van der Waals surface area contributed by atoms with Gasteiger partial charge >= 0.3 is 12.0 Å². The van der Waals surface area contributed by atoms with Crippen LogP contribution in [-0.2, 0) is 4.79 Å². The van der Waals surface area contributed by atoms with Gasteiger partial charge in [0.1, 0.15) is 11.6 Å². The summed E-state index contributed by atoms with van der Waals surface area (Å²) < 4.78 is 26.4. The molecule has 7 heteroatoms. The molecule has 1 rings (SSSR count). The molecule has 0 spiro atoms. The number of hydrogen-bond donors (Lipinski definition) is 3. The van der Waals surface area contributed by atoms with Crippen molar-refractivity contribution in [3.05, 3.63) is 29.8 Å². The van der Waals surface area contributed by atoms with E-state index in [9.17, 15) is 23.5 Å². The van der Waals surface area contributed by atoms with Gasteiger partial charge in [0.2, 0.25) is 0 Å². The number of carbonyl (C=O) groups excluding carboxylic acids is 1. The summed E-state index contributed by atoms with van der Waals surface area (Å²) in [6, 6.07) is 1.83. The molecule has 0 radical (unpaired) electrons. The molecule has 0 saturated carbocycles. The number of aliphatic carboxylic acids is 1. The zero-order valence-electron chi connectivity index (χ0n) is 12.3. The van der Waals surface area contributed by atoms with Crippen molar-refractivity contribution < 1.29 is 23.5 Å². The van der Waals surface area contributed by atoms with E-state index in [1.54, 1.807) is 0 Å². The third-order valence-corrected chi connectivity index (χ3v) is 3.70. The Hall–Kier alpha value is -2.18. The second-order valence-corrected chi connectivity index (χ2v) is 5.76. The SMILES string of the molecule is CC(C)(NC(=O)Nc1cc(F)ccc1F)C(C)(C)C(=O)O. The number of carboxylic acids is 1. The van der Waals surface area contributed by atoms with Gasteiger partial charge in [-0.2, -0.15) is 0 Å². The number of urea groups is 1. The Morgan fingerprint density at radius 2 is 1.71 bits per heavy atom. The van der Waals surface area contributed by atoms with Crippen molar-refractivity contribution in [2.45, 2.75) is 33.2 Å². The molecule has 0 fully saturated rings. The fourth-order valence-corrected chi connectivity index (χ4v) is 1.45. The number of benzene rings is 1. The first-order valence-corrected chi connectivity index (χ1v) is 6.25. The molecule has 0 bridgehead atoms. The normalized spacial score (nSPS) is 11.9. The molecule has 5 nitrogen and oxygen atoms in total. The summed E-state index contributed by atoms with van der Waals surface area (Å²) in [7, 11) is 0. The van der Waals surface area contributed by atoms with Crippen LogP contribution in [0.1, 0.15) is 27.7 Å². The fourth-order valence-electron chi connectivity index (χ4n) is 1.45. The average molecular weight is 300 g/mol. The number of halogens is 2. The molecule has 1 aromatic carbocycles. The van der Waals surface area contributed by atoms with Crippen molar-refractivity contribution in [2.24, 2.45) is 5.41 Å². The van der Waals surface area contributed by atoms with Gasteiger partial charge < -0.3 is 15.7 Å². The lowest BCUT2D eigenvalue weighted by Gasteiger charge is -2.38. The monoisotopic (exact) mass is 300 g/mol. The molecule has 2 amide bonds. The molecule has 0 unspecified atom stereocenters. The van der Waals surface area contributed by atoms with Crippen LogP contribution in [0.3, 0.4) is 0 Å². The molecule has 1 aromatic rings. The minimum atomic E-state index is -1.26. The first-order chi connectivity index (χ1) is 9.47. The smallest absolute Gasteiger partial charge is 0.319 e. The Bertz CT molecular complexity index is 571. The van der Waals surface area contributed by atoms with Crippen molar-refractivity contribution >= 4 is 17.7 Å². The van der Waals surface area contributed by atoms with Gasteiger partial charge in [0, 0.05) is 6.07 Å². The van der Waals surface area contributed by atoms with E-state index in [0.717, 1.165) is 18.2 Å². The largest absolute Gasteiger partial charge is 0.481 e. The van der Waals surface area contributed by atoms with Crippen LogP contribution in [0.2, 0.25) is 0 Å². The van der Waals surface area contributed by atoms with Crippen LogP contribution in [0.15, 0.2) is 18.2 Å². The number of amides is 2. The van der Waals surface area contributed by atoms with E-state index in [-0.39, 0.29) is 5.69 Å². The van der Waals surface area contributed by atoms with Crippen LogP contribution in [0.4, 0.5) is 19.3 Å². The fraction of sp³-hybridized carbons (Fsp3) is 0.429. The molecule has 0 atom stereocenters. The first kappa shape index (κ1) is 16.9. The zero-order chi connectivity index (χ0) is 16.4. The molecular formula is C14H18F2N2O3. The van der Waals surface area contributed by atoms with E-state index < -0.39 is 34.6 Å². The zero-order valence-corrected chi connectivity index (χ0v) is 12.3. The molecule has 0 aromatic heterocycles. The maximum absolute atomic E-state index is 13.4. The molecule has 0 aliphatic carbocycles. The summed E-state index contributed by atoms with van der Waals surface area (Å²) in [5.74, 6) is -2.58. The highest BCUT2D eigenvalue weighted by Crippen LogP contribution is 2.30. The van der Waals surface area contributed by atoms with E-state index in [1.807, 2.05) is 0 Å². The molecule has 0 heterocycles. The number of anilines is 1. The number of hydrogen-bond acceptors (Lipinski definition) is 2. The lowest BCUT2D eigenvalue weighted by molar-refractivity contribution is -0.150. The number of nitrogens with one attached hydrogen (secondary N) is 2. The summed E-state index contributed by atoms with van der Waals surface area (Å²) in [6.07, 6.45) is 0. The highest BCUT2D eigenvalue weighted by Gasteiger charge is 2.44. The predicted octanol–water partition coefficient (Wildman–Crippen LogP) is 2.98. The minimum absolute atomic E-state index is 0.323. The Morgan fingerprint density at radius 3 is 2.24 bits per heavy atom. The van der Waals surface area contributed by atoms with Gasteiger partial charge in [-0.1, -0.05) is 0 Å². The van der Waals surface area contributed by atoms with Crippen LogP contribution in [0.5, 0.6) is 0 Å². The van der Waals surface area contributed by atoms with Gasteiger partial charge in [0.25, 0.3) is 0 Å². The molecule has 3 N–H and O–H groups in total. The quantitative estimate of drug-likeness (QED) is 0.800. The summed E-state index contributed by atoms with van der Waals surface area (Å²) >= 11 is 0. The highest BCUT2D eigenvalue weighted by molar-refractivity contribution is 5.90. The molecule has 0 aliphatic heterocycles. The van der Waals surface area contributed by atoms with Crippen LogP contribution in [0, 0.1) is 17.0 Å². The average Bonchev–Trinajstić information content (AvgIpc) is 2.32. The Kier molecular flexibility index (Phi) is 4.56. The lowest BCUT2D eigenvalue weighted by atomic mass is 9.74. The number of carbonyl (C=O) groups is 2.